The molecule has 5 aromatic carbocycles. The van der Waals surface area contributed by atoms with Crippen LogP contribution in [0.3, 0.4) is 0 Å². The quantitative estimate of drug-likeness (QED) is 0.136. The molecule has 5 rings (SSSR count). The van der Waals surface area contributed by atoms with E-state index in [2.05, 4.69) is 36.4 Å². The number of nitrogens with zero attached hydrogens (tertiary/aromatic N) is 1. The van der Waals surface area contributed by atoms with Crippen LogP contribution < -0.4 is 0 Å². The number of carbonyl (C=O) groups excluding carboxylic acids is 1. The highest BCUT2D eigenvalue weighted by Crippen LogP contribution is 2.32. The van der Waals surface area contributed by atoms with E-state index in [1.54, 1.807) is 4.90 Å². The number of rotatable bonds is 13. The van der Waals surface area contributed by atoms with Crippen molar-refractivity contribution in [2.45, 2.75) is 44.7 Å². The Morgan fingerprint density at radius 2 is 1.30 bits per heavy atom. The highest BCUT2D eigenvalue weighted by Gasteiger charge is 2.32. The second-order valence-electron chi connectivity index (χ2n) is 11.7. The van der Waals surface area contributed by atoms with Gasteiger partial charge in [0.25, 0.3) is 0 Å². The highest BCUT2D eigenvalue weighted by molar-refractivity contribution is 6.30. The molecule has 2 N–H and O–H groups in total. The Morgan fingerprint density at radius 1 is 0.696 bits per heavy atom. The van der Waals surface area contributed by atoms with E-state index in [4.69, 9.17) is 11.6 Å². The van der Waals surface area contributed by atoms with Crippen LogP contribution in [0.1, 0.15) is 42.4 Å². The van der Waals surface area contributed by atoms with Crippen LogP contribution in [0, 0.1) is 5.92 Å². The van der Waals surface area contributed by atoms with Crippen LogP contribution in [0.25, 0.3) is 21.9 Å². The van der Waals surface area contributed by atoms with Crippen molar-refractivity contribution < 1.29 is 24.6 Å². The minimum Gasteiger partial charge on any atom is -0.481 e. The van der Waals surface area contributed by atoms with Gasteiger partial charge >= 0.3 is 11.9 Å². The molecule has 0 fully saturated rings. The van der Waals surface area contributed by atoms with Crippen LogP contribution in [0.4, 0.5) is 0 Å². The molecule has 0 heterocycles. The minimum absolute atomic E-state index is 0.174. The van der Waals surface area contributed by atoms with E-state index in [1.165, 1.54) is 0 Å². The maximum Gasteiger partial charge on any atom is 0.307 e. The van der Waals surface area contributed by atoms with Gasteiger partial charge in [-0.2, -0.15) is 0 Å². The standard InChI is InChI=1S/C39H36ClNO5/c1-26(36(32-17-19-35(40)20-18-32)22-27-11-14-31(15-12-27)29-7-3-2-4-8-29)41(37(42)23-34(39(45)46)24-38(43)44)25-28-13-16-30-9-5-6-10-33(30)21-28/h2-21,26,34,36H,22-25H2,1H3,(H,43,44)(H,45,46). The normalized spacial score (nSPS) is 13.1. The summed E-state index contributed by atoms with van der Waals surface area (Å²) in [5.74, 6) is -4.48. The summed E-state index contributed by atoms with van der Waals surface area (Å²) in [7, 11) is 0. The molecule has 0 aliphatic carbocycles. The molecule has 0 radical (unpaired) electrons. The number of fused-ring (bicyclic) bond motifs is 1. The predicted molar refractivity (Wildman–Crippen MR) is 182 cm³/mol. The molecule has 3 atom stereocenters. The molecule has 46 heavy (non-hydrogen) atoms. The first-order chi connectivity index (χ1) is 22.2. The molecule has 1 amide bonds. The second-order valence-corrected chi connectivity index (χ2v) is 12.1. The van der Waals surface area contributed by atoms with E-state index >= 15 is 0 Å². The molecule has 0 aliphatic heterocycles. The van der Waals surface area contributed by atoms with Gasteiger partial charge in [0.2, 0.25) is 5.91 Å². The van der Waals surface area contributed by atoms with Gasteiger partial charge in [-0.1, -0.05) is 115 Å². The molecule has 0 aromatic heterocycles. The van der Waals surface area contributed by atoms with Gasteiger partial charge in [-0.25, -0.2) is 0 Å². The Morgan fingerprint density at radius 3 is 1.96 bits per heavy atom. The fourth-order valence-corrected chi connectivity index (χ4v) is 6.12. The van der Waals surface area contributed by atoms with Gasteiger partial charge in [0, 0.05) is 29.9 Å². The zero-order chi connectivity index (χ0) is 32.6. The maximum atomic E-state index is 14.0. The van der Waals surface area contributed by atoms with E-state index in [9.17, 15) is 24.6 Å². The molecule has 3 unspecified atom stereocenters. The van der Waals surface area contributed by atoms with Crippen molar-refractivity contribution in [1.29, 1.82) is 0 Å². The monoisotopic (exact) mass is 633 g/mol. The summed E-state index contributed by atoms with van der Waals surface area (Å²) in [5, 5.41) is 21.8. The zero-order valence-electron chi connectivity index (χ0n) is 25.6. The van der Waals surface area contributed by atoms with E-state index in [0.717, 1.165) is 38.6 Å². The minimum atomic E-state index is -1.34. The Balaban J connectivity index is 1.50. The molecule has 0 bridgehead atoms. The number of carboxylic acid groups (broad SMARTS) is 2. The van der Waals surface area contributed by atoms with Crippen LogP contribution >= 0.6 is 11.6 Å². The third kappa shape index (κ3) is 8.20. The third-order valence-electron chi connectivity index (χ3n) is 8.57. The Labute approximate surface area is 273 Å². The van der Waals surface area contributed by atoms with Crippen molar-refractivity contribution in [3.8, 4) is 11.1 Å². The maximum absolute atomic E-state index is 14.0. The van der Waals surface area contributed by atoms with Gasteiger partial charge in [-0.3, -0.25) is 14.4 Å². The molecule has 5 aromatic rings. The van der Waals surface area contributed by atoms with Gasteiger partial charge in [0.05, 0.1) is 12.3 Å². The predicted octanol–water partition coefficient (Wildman–Crippen LogP) is 8.47. The number of carboxylic acids is 2. The van der Waals surface area contributed by atoms with E-state index in [-0.39, 0.29) is 18.5 Å². The summed E-state index contributed by atoms with van der Waals surface area (Å²) in [5.41, 5.74) is 5.19. The molecule has 6 nitrogen and oxygen atoms in total. The third-order valence-corrected chi connectivity index (χ3v) is 8.82. The number of halogens is 1. The number of hydrogen-bond acceptors (Lipinski definition) is 3. The number of benzene rings is 5. The van der Waals surface area contributed by atoms with Crippen LogP contribution in [-0.4, -0.2) is 39.0 Å². The Hall–Kier alpha value is -4.94. The lowest BCUT2D eigenvalue weighted by Gasteiger charge is -2.36. The lowest BCUT2D eigenvalue weighted by molar-refractivity contribution is -0.151. The average Bonchev–Trinajstić information content (AvgIpc) is 3.06. The van der Waals surface area contributed by atoms with Crippen molar-refractivity contribution in [3.63, 3.8) is 0 Å². The van der Waals surface area contributed by atoms with Crippen molar-refractivity contribution in [3.05, 3.63) is 143 Å². The van der Waals surface area contributed by atoms with E-state index in [1.807, 2.05) is 91.9 Å². The fourth-order valence-electron chi connectivity index (χ4n) is 5.99. The molecule has 7 heteroatoms. The largest absolute Gasteiger partial charge is 0.481 e. The van der Waals surface area contributed by atoms with Crippen LogP contribution in [0.2, 0.25) is 5.02 Å². The Kier molecular flexibility index (Phi) is 10.5. The first kappa shape index (κ1) is 32.5. The molecule has 0 spiro atoms. The summed E-state index contributed by atoms with van der Waals surface area (Å²) in [6, 6.07) is 39.7. The van der Waals surface area contributed by atoms with Gasteiger partial charge in [0.15, 0.2) is 0 Å². The molecular formula is C39H36ClNO5. The van der Waals surface area contributed by atoms with Crippen molar-refractivity contribution in [2.75, 3.05) is 0 Å². The van der Waals surface area contributed by atoms with Crippen molar-refractivity contribution >= 4 is 40.2 Å². The second kappa shape index (κ2) is 14.9. The molecule has 0 saturated heterocycles. The van der Waals surface area contributed by atoms with E-state index in [0.29, 0.717) is 11.4 Å². The molecule has 234 valence electrons. The number of amides is 1. The molecule has 0 saturated carbocycles. The van der Waals surface area contributed by atoms with Gasteiger partial charge in [-0.15, -0.1) is 0 Å². The summed E-state index contributed by atoms with van der Waals surface area (Å²) >= 11 is 6.26. The van der Waals surface area contributed by atoms with Crippen LogP contribution in [-0.2, 0) is 27.3 Å². The summed E-state index contributed by atoms with van der Waals surface area (Å²) in [6.45, 7) is 2.21. The lowest BCUT2D eigenvalue weighted by atomic mass is 9.85. The van der Waals surface area contributed by atoms with Crippen LogP contribution in [0.5, 0.6) is 0 Å². The molecule has 0 aliphatic rings. The van der Waals surface area contributed by atoms with Gasteiger partial charge < -0.3 is 15.1 Å². The van der Waals surface area contributed by atoms with Crippen molar-refractivity contribution in [1.82, 2.24) is 4.90 Å². The zero-order valence-corrected chi connectivity index (χ0v) is 26.3. The molecular weight excluding hydrogens is 598 g/mol. The first-order valence-electron chi connectivity index (χ1n) is 15.3. The number of hydrogen-bond donors (Lipinski definition) is 2. The first-order valence-corrected chi connectivity index (χ1v) is 15.7. The lowest BCUT2D eigenvalue weighted by Crippen LogP contribution is -2.43. The summed E-state index contributed by atoms with van der Waals surface area (Å²) in [6.07, 6.45) is -0.441. The van der Waals surface area contributed by atoms with E-state index < -0.39 is 36.6 Å². The number of carbonyl (C=O) groups is 3. The summed E-state index contributed by atoms with van der Waals surface area (Å²) in [4.78, 5) is 39.2. The topological polar surface area (TPSA) is 94.9 Å². The SMILES string of the molecule is CC(C(Cc1ccc(-c2ccccc2)cc1)c1ccc(Cl)cc1)N(Cc1ccc2ccccc2c1)C(=O)CC(CC(=O)O)C(=O)O. The Bertz CT molecular complexity index is 1800. The van der Waals surface area contributed by atoms with Gasteiger partial charge in [-0.05, 0) is 70.1 Å². The smallest absolute Gasteiger partial charge is 0.307 e. The van der Waals surface area contributed by atoms with Gasteiger partial charge in [0.1, 0.15) is 0 Å². The number of aliphatic carboxylic acids is 2. The average molecular weight is 634 g/mol. The summed E-state index contributed by atoms with van der Waals surface area (Å²) < 4.78 is 0. The highest BCUT2D eigenvalue weighted by atomic mass is 35.5. The van der Waals surface area contributed by atoms with Crippen LogP contribution in [0.15, 0.2) is 121 Å². The fraction of sp³-hybridized carbons (Fsp3) is 0.205. The van der Waals surface area contributed by atoms with Crippen molar-refractivity contribution in [2.24, 2.45) is 5.92 Å².